The highest BCUT2D eigenvalue weighted by Crippen LogP contribution is 2.39. The molecule has 0 saturated carbocycles. The Bertz CT molecular complexity index is 401. The molecule has 3 rings (SSSR count). The molecule has 4 nitrogen and oxygen atoms in total. The van der Waals surface area contributed by atoms with Crippen LogP contribution >= 0.6 is 0 Å². The number of alkyl halides is 2. The van der Waals surface area contributed by atoms with Gasteiger partial charge in [-0.1, -0.05) is 0 Å². The molecule has 2 bridgehead atoms. The first kappa shape index (κ1) is 10.8. The number of hydrogen-bond acceptors (Lipinski definition) is 4. The van der Waals surface area contributed by atoms with Crippen LogP contribution in [0, 0.1) is 0 Å². The summed E-state index contributed by atoms with van der Waals surface area (Å²) in [6, 6.07) is 2.50. The van der Waals surface area contributed by atoms with Gasteiger partial charge in [-0.3, -0.25) is 0 Å². The summed E-state index contributed by atoms with van der Waals surface area (Å²) in [6.45, 7) is 0. The maximum atomic E-state index is 13.5. The Hall–Kier alpha value is -1.30. The minimum absolute atomic E-state index is 0.0853. The molecule has 6 heteroatoms. The Balaban J connectivity index is 1.68. The van der Waals surface area contributed by atoms with Gasteiger partial charge in [0, 0.05) is 31.1 Å². The topological polar surface area (TPSA) is 47.0 Å². The Labute approximate surface area is 97.4 Å². The lowest BCUT2D eigenvalue weighted by Gasteiger charge is -2.29. The monoisotopic (exact) mass is 241 g/mol. The second-order valence-corrected chi connectivity index (χ2v) is 4.65. The predicted octanol–water partition coefficient (Wildman–Crippen LogP) is 1.38. The maximum Gasteiger partial charge on any atom is 0.264 e. The number of hydrogen-bond donors (Lipinski definition) is 1. The third-order valence-corrected chi connectivity index (χ3v) is 3.35. The van der Waals surface area contributed by atoms with Crippen molar-refractivity contribution in [1.82, 2.24) is 15.5 Å². The molecule has 3 atom stereocenters. The number of fused-ring (bicyclic) bond motifs is 2. The zero-order valence-electron chi connectivity index (χ0n) is 9.14. The number of rotatable bonds is 2. The Morgan fingerprint density at radius 2 is 2.29 bits per heavy atom. The highest BCUT2D eigenvalue weighted by atomic mass is 19.3. The fourth-order valence-corrected chi connectivity index (χ4v) is 2.62. The lowest BCUT2D eigenvalue weighted by molar-refractivity contribution is -0.0195. The number of nitrogens with zero attached hydrogens (tertiary/aromatic N) is 2. The first-order chi connectivity index (χ1) is 8.13. The molecule has 0 aliphatic carbocycles. The average Bonchev–Trinajstić information content (AvgIpc) is 2.49. The van der Waals surface area contributed by atoms with Crippen LogP contribution in [-0.4, -0.2) is 34.3 Å². The molecule has 2 saturated heterocycles. The molecular formula is C11H13F2N3O. The van der Waals surface area contributed by atoms with E-state index in [9.17, 15) is 8.78 Å². The predicted molar refractivity (Wildman–Crippen MR) is 56.0 cm³/mol. The van der Waals surface area contributed by atoms with Crippen LogP contribution in [0.1, 0.15) is 19.3 Å². The van der Waals surface area contributed by atoms with Crippen LogP contribution in [0.25, 0.3) is 0 Å². The Morgan fingerprint density at radius 1 is 1.41 bits per heavy atom. The third-order valence-electron chi connectivity index (χ3n) is 3.35. The van der Waals surface area contributed by atoms with Crippen molar-refractivity contribution >= 4 is 0 Å². The molecule has 0 unspecified atom stereocenters. The van der Waals surface area contributed by atoms with Crippen molar-refractivity contribution in [1.29, 1.82) is 0 Å². The van der Waals surface area contributed by atoms with Gasteiger partial charge in [-0.2, -0.15) is 5.10 Å². The molecule has 0 aromatic carbocycles. The average molecular weight is 241 g/mol. The first-order valence-corrected chi connectivity index (χ1v) is 5.72. The van der Waals surface area contributed by atoms with E-state index in [1.165, 1.54) is 0 Å². The van der Waals surface area contributed by atoms with E-state index in [-0.39, 0.29) is 18.6 Å². The van der Waals surface area contributed by atoms with Gasteiger partial charge in [-0.25, -0.2) is 8.78 Å². The largest absolute Gasteiger partial charge is 0.473 e. The van der Waals surface area contributed by atoms with Crippen LogP contribution in [-0.2, 0) is 0 Å². The molecule has 3 heterocycles. The van der Waals surface area contributed by atoms with Crippen LogP contribution in [0.4, 0.5) is 8.78 Å². The summed E-state index contributed by atoms with van der Waals surface area (Å²) >= 11 is 0. The normalized spacial score (nSPS) is 34.6. The summed E-state index contributed by atoms with van der Waals surface area (Å²) in [6.07, 6.45) is 2.18. The van der Waals surface area contributed by atoms with E-state index in [1.54, 1.807) is 18.3 Å². The second kappa shape index (κ2) is 3.87. The maximum absolute atomic E-state index is 13.5. The van der Waals surface area contributed by atoms with Gasteiger partial charge in [0.15, 0.2) is 0 Å². The highest BCUT2D eigenvalue weighted by Gasteiger charge is 2.53. The van der Waals surface area contributed by atoms with Crippen molar-refractivity contribution in [2.45, 2.75) is 43.4 Å². The molecule has 1 N–H and O–H groups in total. The van der Waals surface area contributed by atoms with Crippen LogP contribution in [0.15, 0.2) is 18.3 Å². The standard InChI is InChI=1S/C11H13F2N3O/c12-11(13)6-7-4-8(5-9(11)15-7)17-10-2-1-3-14-16-10/h1-3,7-9,15H,4-6H2/t7-,8+,9+/m0/s1. The molecule has 17 heavy (non-hydrogen) atoms. The fraction of sp³-hybridized carbons (Fsp3) is 0.636. The number of ether oxygens (including phenoxy) is 1. The molecule has 2 aliphatic heterocycles. The summed E-state index contributed by atoms with van der Waals surface area (Å²) in [5, 5.41) is 10.4. The van der Waals surface area contributed by atoms with Crippen LogP contribution < -0.4 is 10.1 Å². The van der Waals surface area contributed by atoms with E-state index >= 15 is 0 Å². The number of piperidine rings is 1. The van der Waals surface area contributed by atoms with E-state index in [4.69, 9.17) is 4.74 Å². The lowest BCUT2D eigenvalue weighted by Crippen LogP contribution is -2.46. The Morgan fingerprint density at radius 3 is 3.00 bits per heavy atom. The minimum Gasteiger partial charge on any atom is -0.473 e. The van der Waals surface area contributed by atoms with Gasteiger partial charge < -0.3 is 10.1 Å². The summed E-state index contributed by atoms with van der Waals surface area (Å²) in [5.41, 5.74) is 0. The number of aromatic nitrogens is 2. The summed E-state index contributed by atoms with van der Waals surface area (Å²) in [7, 11) is 0. The van der Waals surface area contributed by atoms with Crippen molar-refractivity contribution < 1.29 is 13.5 Å². The molecule has 0 spiro atoms. The molecule has 1 aromatic heterocycles. The third kappa shape index (κ3) is 2.09. The van der Waals surface area contributed by atoms with E-state index in [0.717, 1.165) is 0 Å². The number of halogens is 2. The van der Waals surface area contributed by atoms with Gasteiger partial charge in [-0.05, 0) is 12.5 Å². The molecule has 2 aliphatic rings. The van der Waals surface area contributed by atoms with E-state index in [0.29, 0.717) is 18.7 Å². The number of nitrogens with one attached hydrogen (secondary N) is 1. The molecule has 0 radical (unpaired) electrons. The highest BCUT2D eigenvalue weighted by molar-refractivity contribution is 5.09. The molecular weight excluding hydrogens is 228 g/mol. The first-order valence-electron chi connectivity index (χ1n) is 5.72. The van der Waals surface area contributed by atoms with Crippen molar-refractivity contribution in [2.75, 3.05) is 0 Å². The van der Waals surface area contributed by atoms with Gasteiger partial charge in [0.05, 0.1) is 6.04 Å². The molecule has 1 aromatic rings. The van der Waals surface area contributed by atoms with Crippen molar-refractivity contribution in [3.8, 4) is 5.88 Å². The van der Waals surface area contributed by atoms with E-state index in [2.05, 4.69) is 15.5 Å². The van der Waals surface area contributed by atoms with Crippen LogP contribution in [0.5, 0.6) is 5.88 Å². The molecule has 2 fully saturated rings. The van der Waals surface area contributed by atoms with E-state index in [1.807, 2.05) is 0 Å². The van der Waals surface area contributed by atoms with Gasteiger partial charge in [0.25, 0.3) is 5.92 Å². The van der Waals surface area contributed by atoms with Crippen LogP contribution in [0.3, 0.4) is 0 Å². The van der Waals surface area contributed by atoms with Gasteiger partial charge in [-0.15, -0.1) is 5.10 Å². The van der Waals surface area contributed by atoms with E-state index < -0.39 is 12.0 Å². The minimum atomic E-state index is -2.61. The second-order valence-electron chi connectivity index (χ2n) is 4.65. The van der Waals surface area contributed by atoms with Gasteiger partial charge in [0.2, 0.25) is 5.88 Å². The summed E-state index contributed by atoms with van der Waals surface area (Å²) in [4.78, 5) is 0. The smallest absolute Gasteiger partial charge is 0.264 e. The van der Waals surface area contributed by atoms with Crippen molar-refractivity contribution in [3.63, 3.8) is 0 Å². The summed E-state index contributed by atoms with van der Waals surface area (Å²) in [5.74, 6) is -2.20. The molecule has 0 amide bonds. The van der Waals surface area contributed by atoms with Crippen molar-refractivity contribution in [3.05, 3.63) is 18.3 Å². The van der Waals surface area contributed by atoms with Crippen LogP contribution in [0.2, 0.25) is 0 Å². The summed E-state index contributed by atoms with van der Waals surface area (Å²) < 4.78 is 32.5. The Kier molecular flexibility index (Phi) is 2.47. The van der Waals surface area contributed by atoms with Crippen molar-refractivity contribution in [2.24, 2.45) is 0 Å². The fourth-order valence-electron chi connectivity index (χ4n) is 2.62. The zero-order valence-corrected chi connectivity index (χ0v) is 9.14. The SMILES string of the molecule is FC1(F)C[C@@H]2C[C@@H](Oc3cccnn3)C[C@H]1N2. The lowest BCUT2D eigenvalue weighted by atomic mass is 10.0. The quantitative estimate of drug-likeness (QED) is 0.849. The van der Waals surface area contributed by atoms with Gasteiger partial charge in [0.1, 0.15) is 6.10 Å². The van der Waals surface area contributed by atoms with Gasteiger partial charge >= 0.3 is 0 Å². The molecule has 92 valence electrons. The zero-order chi connectivity index (χ0) is 11.9.